The Hall–Kier alpha value is -1.82. The maximum absolute atomic E-state index is 3.82. The summed E-state index contributed by atoms with van der Waals surface area (Å²) in [5.74, 6) is 0.672. The highest BCUT2D eigenvalue weighted by atomic mass is 14.3. The number of benzene rings is 2. The lowest BCUT2D eigenvalue weighted by molar-refractivity contribution is 0.588. The average molecular weight is 248 g/mol. The Morgan fingerprint density at radius 1 is 1.00 bits per heavy atom. The molecule has 0 heterocycles. The van der Waals surface area contributed by atoms with Crippen molar-refractivity contribution in [1.82, 2.24) is 0 Å². The summed E-state index contributed by atoms with van der Waals surface area (Å²) in [5.41, 5.74) is 5.90. The van der Waals surface area contributed by atoms with Crippen molar-refractivity contribution in [3.05, 3.63) is 72.3 Å². The summed E-state index contributed by atoms with van der Waals surface area (Å²) in [7, 11) is 0. The second kappa shape index (κ2) is 5.44. The lowest BCUT2D eigenvalue weighted by Gasteiger charge is -2.27. The van der Waals surface area contributed by atoms with E-state index in [9.17, 15) is 0 Å². The second-order valence-electron chi connectivity index (χ2n) is 5.37. The zero-order chi connectivity index (χ0) is 13.1. The van der Waals surface area contributed by atoms with E-state index in [0.29, 0.717) is 5.92 Å². The third-order valence-corrected chi connectivity index (χ3v) is 4.14. The average Bonchev–Trinajstić information content (AvgIpc) is 2.47. The molecule has 3 rings (SSSR count). The van der Waals surface area contributed by atoms with Crippen molar-refractivity contribution in [3.63, 3.8) is 0 Å². The number of hydrogen-bond acceptors (Lipinski definition) is 0. The highest BCUT2D eigenvalue weighted by Gasteiger charge is 2.23. The predicted octanol–water partition coefficient (Wildman–Crippen LogP) is 5.35. The molecule has 0 radical (unpaired) electrons. The third kappa shape index (κ3) is 2.35. The molecule has 96 valence electrons. The minimum absolute atomic E-state index is 0.672. The Morgan fingerprint density at radius 3 is 2.58 bits per heavy atom. The maximum atomic E-state index is 3.82. The number of hydrogen-bond donors (Lipinski definition) is 0. The minimum atomic E-state index is 0.672. The molecule has 2 aromatic carbocycles. The van der Waals surface area contributed by atoms with Crippen LogP contribution in [0.25, 0.3) is 11.1 Å². The van der Waals surface area contributed by atoms with E-state index >= 15 is 0 Å². The summed E-state index contributed by atoms with van der Waals surface area (Å²) in [6.07, 6.45) is 6.84. The van der Waals surface area contributed by atoms with Crippen LogP contribution >= 0.6 is 0 Å². The Bertz CT molecular complexity index is 580. The van der Waals surface area contributed by atoms with Gasteiger partial charge in [0.25, 0.3) is 0 Å². The van der Waals surface area contributed by atoms with Crippen molar-refractivity contribution in [2.75, 3.05) is 0 Å². The molecule has 1 aliphatic rings. The quantitative estimate of drug-likeness (QED) is 0.505. The molecule has 19 heavy (non-hydrogen) atoms. The molecule has 0 spiro atoms. The largest absolute Gasteiger partial charge is 0.103 e. The van der Waals surface area contributed by atoms with Crippen LogP contribution in [0.4, 0.5) is 0 Å². The van der Waals surface area contributed by atoms with Gasteiger partial charge in [0.05, 0.1) is 0 Å². The molecule has 0 saturated heterocycles. The molecule has 0 N–H and O–H groups in total. The van der Waals surface area contributed by atoms with E-state index in [4.69, 9.17) is 0 Å². The first-order valence-corrected chi connectivity index (χ1v) is 7.18. The molecule has 0 fully saturated rings. The monoisotopic (exact) mass is 248 g/mol. The molecule has 1 unspecified atom stereocenters. The fraction of sp³-hybridized carbons (Fsp3) is 0.263. The first-order chi connectivity index (χ1) is 9.40. The molecule has 2 aromatic rings. The molecule has 0 bridgehead atoms. The van der Waals surface area contributed by atoms with Crippen molar-refractivity contribution in [2.24, 2.45) is 0 Å². The van der Waals surface area contributed by atoms with Crippen LogP contribution in [0, 0.1) is 0 Å². The van der Waals surface area contributed by atoms with Gasteiger partial charge in [-0.1, -0.05) is 54.6 Å². The van der Waals surface area contributed by atoms with Crippen molar-refractivity contribution in [3.8, 4) is 11.1 Å². The number of rotatable bonds is 4. The lowest BCUT2D eigenvalue weighted by atomic mass is 9.77. The lowest BCUT2D eigenvalue weighted by Crippen LogP contribution is -2.11. The van der Waals surface area contributed by atoms with Gasteiger partial charge in [0.15, 0.2) is 0 Å². The first kappa shape index (κ1) is 12.2. The Labute approximate surface area is 115 Å². The van der Waals surface area contributed by atoms with E-state index in [1.165, 1.54) is 41.5 Å². The van der Waals surface area contributed by atoms with Gasteiger partial charge in [0, 0.05) is 0 Å². The van der Waals surface area contributed by atoms with Crippen LogP contribution < -0.4 is 0 Å². The van der Waals surface area contributed by atoms with Crippen molar-refractivity contribution in [1.29, 1.82) is 0 Å². The molecule has 0 amide bonds. The van der Waals surface area contributed by atoms with Crippen LogP contribution in [0.5, 0.6) is 0 Å². The zero-order valence-electron chi connectivity index (χ0n) is 11.3. The van der Waals surface area contributed by atoms with Gasteiger partial charge >= 0.3 is 0 Å². The Kier molecular flexibility index (Phi) is 3.50. The molecule has 0 aromatic heterocycles. The molecule has 0 nitrogen and oxygen atoms in total. The Morgan fingerprint density at radius 2 is 1.74 bits per heavy atom. The van der Waals surface area contributed by atoms with Crippen LogP contribution in [0.3, 0.4) is 0 Å². The van der Waals surface area contributed by atoms with Crippen molar-refractivity contribution in [2.45, 2.75) is 31.6 Å². The van der Waals surface area contributed by atoms with Gasteiger partial charge < -0.3 is 0 Å². The van der Waals surface area contributed by atoms with Crippen LogP contribution in [0.1, 0.15) is 36.3 Å². The molecular formula is C19H20. The van der Waals surface area contributed by atoms with E-state index < -0.39 is 0 Å². The summed E-state index contributed by atoms with van der Waals surface area (Å²) in [4.78, 5) is 0. The number of allylic oxidation sites excluding steroid dienone is 1. The van der Waals surface area contributed by atoms with E-state index in [1.807, 2.05) is 6.08 Å². The number of unbranched alkanes of at least 4 members (excludes halogenated alkanes) is 1. The van der Waals surface area contributed by atoms with Crippen molar-refractivity contribution < 1.29 is 0 Å². The normalized spacial score (nSPS) is 16.5. The van der Waals surface area contributed by atoms with E-state index in [2.05, 4.69) is 55.1 Å². The standard InChI is InChI=1S/C19H20/c1-2-3-4-9-15-14-16-10-5-6-11-17(16)19-13-8-7-12-18(15)19/h2,5-8,10-13,15H,1,3-4,9,14H2. The number of fused-ring (bicyclic) bond motifs is 3. The van der Waals surface area contributed by atoms with Gasteiger partial charge in [-0.3, -0.25) is 0 Å². The summed E-state index contributed by atoms with van der Waals surface area (Å²) in [6, 6.07) is 17.8. The van der Waals surface area contributed by atoms with Gasteiger partial charge in [0.1, 0.15) is 0 Å². The fourth-order valence-corrected chi connectivity index (χ4v) is 3.20. The van der Waals surface area contributed by atoms with Gasteiger partial charge in [-0.05, 0) is 53.9 Å². The van der Waals surface area contributed by atoms with Gasteiger partial charge in [-0.2, -0.15) is 0 Å². The second-order valence-corrected chi connectivity index (χ2v) is 5.37. The molecule has 0 aliphatic heterocycles. The predicted molar refractivity (Wildman–Crippen MR) is 82.4 cm³/mol. The molecule has 0 heteroatoms. The third-order valence-electron chi connectivity index (χ3n) is 4.14. The summed E-state index contributed by atoms with van der Waals surface area (Å²) >= 11 is 0. The summed E-state index contributed by atoms with van der Waals surface area (Å²) < 4.78 is 0. The van der Waals surface area contributed by atoms with E-state index in [1.54, 1.807) is 0 Å². The molecule has 0 saturated carbocycles. The van der Waals surface area contributed by atoms with E-state index in [-0.39, 0.29) is 0 Å². The van der Waals surface area contributed by atoms with E-state index in [0.717, 1.165) is 6.42 Å². The molecule has 1 aliphatic carbocycles. The van der Waals surface area contributed by atoms with Crippen LogP contribution in [-0.2, 0) is 6.42 Å². The summed E-state index contributed by atoms with van der Waals surface area (Å²) in [6.45, 7) is 3.82. The van der Waals surface area contributed by atoms with Crippen LogP contribution in [-0.4, -0.2) is 0 Å². The Balaban J connectivity index is 1.97. The molecule has 1 atom stereocenters. The van der Waals surface area contributed by atoms with Crippen molar-refractivity contribution >= 4 is 0 Å². The van der Waals surface area contributed by atoms with Gasteiger partial charge in [-0.15, -0.1) is 6.58 Å². The van der Waals surface area contributed by atoms with Crippen LogP contribution in [0.15, 0.2) is 61.2 Å². The topological polar surface area (TPSA) is 0 Å². The highest BCUT2D eigenvalue weighted by molar-refractivity contribution is 5.73. The molecular weight excluding hydrogens is 228 g/mol. The maximum Gasteiger partial charge on any atom is -0.0115 e. The van der Waals surface area contributed by atoms with Gasteiger partial charge in [-0.25, -0.2) is 0 Å². The smallest absolute Gasteiger partial charge is 0.0115 e. The SMILES string of the molecule is C=CCCCC1Cc2ccccc2-c2ccccc21. The highest BCUT2D eigenvalue weighted by Crippen LogP contribution is 2.41. The van der Waals surface area contributed by atoms with Gasteiger partial charge in [0.2, 0.25) is 0 Å². The zero-order valence-corrected chi connectivity index (χ0v) is 11.3. The fourth-order valence-electron chi connectivity index (χ4n) is 3.20. The first-order valence-electron chi connectivity index (χ1n) is 7.18. The van der Waals surface area contributed by atoms with Crippen LogP contribution in [0.2, 0.25) is 0 Å². The minimum Gasteiger partial charge on any atom is -0.103 e. The summed E-state index contributed by atoms with van der Waals surface area (Å²) in [5, 5.41) is 0.